The second-order valence-corrected chi connectivity index (χ2v) is 6.11. The molecule has 1 aromatic carbocycles. The molecule has 2 heterocycles. The summed E-state index contributed by atoms with van der Waals surface area (Å²) in [7, 11) is 0. The SMILES string of the molecule is CC(=O)NCc1cc(=O)[nH]c(C2CN(Cc3ccccc3)CCO2)n1. The summed E-state index contributed by atoms with van der Waals surface area (Å²) in [5, 5.41) is 2.66. The topological polar surface area (TPSA) is 87.3 Å². The lowest BCUT2D eigenvalue weighted by molar-refractivity contribution is -0.119. The average Bonchev–Trinajstić information content (AvgIpc) is 2.61. The Labute approximate surface area is 146 Å². The van der Waals surface area contributed by atoms with Gasteiger partial charge in [0.15, 0.2) is 0 Å². The maximum atomic E-state index is 11.9. The molecule has 0 saturated carbocycles. The molecule has 25 heavy (non-hydrogen) atoms. The molecule has 1 aliphatic rings. The number of aromatic nitrogens is 2. The molecule has 132 valence electrons. The van der Waals surface area contributed by atoms with Crippen molar-refractivity contribution in [3.63, 3.8) is 0 Å². The smallest absolute Gasteiger partial charge is 0.251 e. The number of benzene rings is 1. The minimum atomic E-state index is -0.289. The van der Waals surface area contributed by atoms with Crippen LogP contribution in [-0.4, -0.2) is 40.5 Å². The van der Waals surface area contributed by atoms with Gasteiger partial charge >= 0.3 is 0 Å². The molecule has 1 aliphatic heterocycles. The number of nitrogens with one attached hydrogen (secondary N) is 2. The van der Waals surface area contributed by atoms with Crippen LogP contribution < -0.4 is 10.9 Å². The predicted molar refractivity (Wildman–Crippen MR) is 92.8 cm³/mol. The molecule has 1 saturated heterocycles. The number of nitrogens with zero attached hydrogens (tertiary/aromatic N) is 2. The number of hydrogen-bond donors (Lipinski definition) is 2. The molecule has 2 aromatic rings. The normalized spacial score (nSPS) is 18.0. The molecular weight excluding hydrogens is 320 g/mol. The number of ether oxygens (including phenoxy) is 1. The van der Waals surface area contributed by atoms with Gasteiger partial charge in [-0.1, -0.05) is 30.3 Å². The summed E-state index contributed by atoms with van der Waals surface area (Å²) in [6, 6.07) is 11.6. The Morgan fingerprint density at radius 1 is 1.40 bits per heavy atom. The van der Waals surface area contributed by atoms with Crippen LogP contribution in [0.1, 0.15) is 30.1 Å². The van der Waals surface area contributed by atoms with E-state index in [2.05, 4.69) is 32.3 Å². The summed E-state index contributed by atoms with van der Waals surface area (Å²) in [4.78, 5) is 32.4. The van der Waals surface area contributed by atoms with Gasteiger partial charge in [-0.15, -0.1) is 0 Å². The lowest BCUT2D eigenvalue weighted by atomic mass is 10.2. The molecule has 0 spiro atoms. The third-order valence-electron chi connectivity index (χ3n) is 4.04. The Hall–Kier alpha value is -2.51. The van der Waals surface area contributed by atoms with Gasteiger partial charge in [-0.25, -0.2) is 4.98 Å². The van der Waals surface area contributed by atoms with E-state index in [1.807, 2.05) is 18.2 Å². The summed E-state index contributed by atoms with van der Waals surface area (Å²) in [6.45, 7) is 4.56. The third kappa shape index (κ3) is 4.98. The van der Waals surface area contributed by atoms with Crippen LogP contribution in [0.5, 0.6) is 0 Å². The van der Waals surface area contributed by atoms with E-state index >= 15 is 0 Å². The van der Waals surface area contributed by atoms with Crippen molar-refractivity contribution in [2.24, 2.45) is 0 Å². The van der Waals surface area contributed by atoms with Crippen LogP contribution in [0.4, 0.5) is 0 Å². The van der Waals surface area contributed by atoms with Crippen LogP contribution in [0.15, 0.2) is 41.2 Å². The first-order valence-corrected chi connectivity index (χ1v) is 8.32. The number of carbonyl (C=O) groups is 1. The standard InChI is InChI=1S/C18H22N4O3/c1-13(23)19-10-15-9-17(24)21-18(20-15)16-12-22(7-8-25-16)11-14-5-3-2-4-6-14/h2-6,9,16H,7-8,10-12H2,1H3,(H,19,23)(H,20,21,24). The van der Waals surface area contributed by atoms with Crippen molar-refractivity contribution < 1.29 is 9.53 Å². The van der Waals surface area contributed by atoms with Crippen LogP contribution in [0.2, 0.25) is 0 Å². The highest BCUT2D eigenvalue weighted by Crippen LogP contribution is 2.20. The van der Waals surface area contributed by atoms with E-state index in [9.17, 15) is 9.59 Å². The quantitative estimate of drug-likeness (QED) is 0.846. The van der Waals surface area contributed by atoms with Crippen molar-refractivity contribution in [1.82, 2.24) is 20.2 Å². The number of amides is 1. The zero-order valence-electron chi connectivity index (χ0n) is 14.2. The van der Waals surface area contributed by atoms with Gasteiger partial charge in [0.25, 0.3) is 5.56 Å². The zero-order chi connectivity index (χ0) is 17.6. The molecule has 1 atom stereocenters. The minimum Gasteiger partial charge on any atom is -0.368 e. The van der Waals surface area contributed by atoms with Gasteiger partial charge in [0.05, 0.1) is 18.8 Å². The number of carbonyl (C=O) groups excluding carboxylic acids is 1. The zero-order valence-corrected chi connectivity index (χ0v) is 14.2. The van der Waals surface area contributed by atoms with Gasteiger partial charge in [0.1, 0.15) is 11.9 Å². The first-order valence-electron chi connectivity index (χ1n) is 8.32. The van der Waals surface area contributed by atoms with E-state index in [1.165, 1.54) is 18.6 Å². The number of morpholine rings is 1. The van der Waals surface area contributed by atoms with Crippen molar-refractivity contribution in [1.29, 1.82) is 0 Å². The second-order valence-electron chi connectivity index (χ2n) is 6.11. The fourth-order valence-corrected chi connectivity index (χ4v) is 2.84. The van der Waals surface area contributed by atoms with Crippen molar-refractivity contribution in [2.45, 2.75) is 26.1 Å². The molecule has 7 nitrogen and oxygen atoms in total. The molecule has 1 amide bonds. The van der Waals surface area contributed by atoms with E-state index in [0.29, 0.717) is 24.7 Å². The van der Waals surface area contributed by atoms with Crippen LogP contribution in [0.3, 0.4) is 0 Å². The molecule has 0 radical (unpaired) electrons. The highest BCUT2D eigenvalue weighted by atomic mass is 16.5. The van der Waals surface area contributed by atoms with Crippen LogP contribution >= 0.6 is 0 Å². The van der Waals surface area contributed by atoms with E-state index < -0.39 is 0 Å². The highest BCUT2D eigenvalue weighted by Gasteiger charge is 2.24. The van der Waals surface area contributed by atoms with Crippen molar-refractivity contribution in [2.75, 3.05) is 19.7 Å². The molecule has 7 heteroatoms. The highest BCUT2D eigenvalue weighted by molar-refractivity contribution is 5.72. The van der Waals surface area contributed by atoms with E-state index in [0.717, 1.165) is 13.1 Å². The fourth-order valence-electron chi connectivity index (χ4n) is 2.84. The lowest BCUT2D eigenvalue weighted by Gasteiger charge is -2.32. The van der Waals surface area contributed by atoms with Crippen molar-refractivity contribution in [3.05, 3.63) is 63.8 Å². The first kappa shape index (κ1) is 17.3. The summed E-state index contributed by atoms with van der Waals surface area (Å²) in [5.74, 6) is 0.345. The van der Waals surface area contributed by atoms with Gasteiger partial charge in [-0.3, -0.25) is 14.5 Å². The van der Waals surface area contributed by atoms with Gasteiger partial charge < -0.3 is 15.0 Å². The Kier molecular flexibility index (Phi) is 5.57. The van der Waals surface area contributed by atoms with Gasteiger partial charge in [-0.2, -0.15) is 0 Å². The van der Waals surface area contributed by atoms with E-state index in [4.69, 9.17) is 4.74 Å². The number of hydrogen-bond acceptors (Lipinski definition) is 5. The van der Waals surface area contributed by atoms with Crippen LogP contribution in [0, 0.1) is 0 Å². The summed E-state index contributed by atoms with van der Waals surface area (Å²) >= 11 is 0. The Balaban J connectivity index is 1.70. The Bertz CT molecular complexity index is 775. The average molecular weight is 342 g/mol. The first-order chi connectivity index (χ1) is 12.1. The number of H-pyrrole nitrogens is 1. The van der Waals surface area contributed by atoms with Gasteiger partial charge in [0, 0.05) is 32.6 Å². The van der Waals surface area contributed by atoms with Crippen LogP contribution in [0.25, 0.3) is 0 Å². The van der Waals surface area contributed by atoms with Crippen molar-refractivity contribution >= 4 is 5.91 Å². The third-order valence-corrected chi connectivity index (χ3v) is 4.04. The monoisotopic (exact) mass is 342 g/mol. The van der Waals surface area contributed by atoms with E-state index in [-0.39, 0.29) is 24.1 Å². The Morgan fingerprint density at radius 3 is 2.96 bits per heavy atom. The maximum Gasteiger partial charge on any atom is 0.251 e. The molecule has 2 N–H and O–H groups in total. The minimum absolute atomic E-state index is 0.161. The summed E-state index contributed by atoms with van der Waals surface area (Å²) < 4.78 is 5.81. The number of aromatic amines is 1. The molecule has 1 aromatic heterocycles. The van der Waals surface area contributed by atoms with Crippen LogP contribution in [-0.2, 0) is 22.6 Å². The van der Waals surface area contributed by atoms with Gasteiger partial charge in [0.2, 0.25) is 5.91 Å². The van der Waals surface area contributed by atoms with Gasteiger partial charge in [-0.05, 0) is 5.56 Å². The largest absolute Gasteiger partial charge is 0.368 e. The molecule has 3 rings (SSSR count). The predicted octanol–water partition coefficient (Wildman–Crippen LogP) is 0.979. The molecular formula is C18H22N4O3. The number of rotatable bonds is 5. The second kappa shape index (κ2) is 8.04. The van der Waals surface area contributed by atoms with Crippen molar-refractivity contribution in [3.8, 4) is 0 Å². The lowest BCUT2D eigenvalue weighted by Crippen LogP contribution is -2.39. The summed E-state index contributed by atoms with van der Waals surface area (Å²) in [6.07, 6.45) is -0.289. The molecule has 0 bridgehead atoms. The molecule has 0 aliphatic carbocycles. The van der Waals surface area contributed by atoms with E-state index in [1.54, 1.807) is 0 Å². The maximum absolute atomic E-state index is 11.9. The fraction of sp³-hybridized carbons (Fsp3) is 0.389. The molecule has 1 unspecified atom stereocenters. The molecule has 1 fully saturated rings. The Morgan fingerprint density at radius 2 is 2.20 bits per heavy atom. The summed E-state index contributed by atoms with van der Waals surface area (Å²) in [5.41, 5.74) is 1.52.